The van der Waals surface area contributed by atoms with Gasteiger partial charge in [0.25, 0.3) is 0 Å². The Hall–Kier alpha value is -1.98. The van der Waals surface area contributed by atoms with Crippen LogP contribution < -0.4 is 5.32 Å². The van der Waals surface area contributed by atoms with Gasteiger partial charge in [-0.25, -0.2) is 4.98 Å². The minimum atomic E-state index is 0.389. The van der Waals surface area contributed by atoms with E-state index in [4.69, 9.17) is 0 Å². The molecule has 1 atom stereocenters. The van der Waals surface area contributed by atoms with Gasteiger partial charge in [-0.2, -0.15) is 5.10 Å². The van der Waals surface area contributed by atoms with Crippen LogP contribution in [-0.2, 0) is 19.5 Å². The van der Waals surface area contributed by atoms with Crippen LogP contribution in [0.1, 0.15) is 46.4 Å². The smallest absolute Gasteiger partial charge is 0.0897 e. The molecule has 0 fully saturated rings. The number of nitrogens with zero attached hydrogens (tertiary/aromatic N) is 3. The van der Waals surface area contributed by atoms with Crippen LogP contribution in [0.5, 0.6) is 0 Å². The number of benzene rings is 1. The molecule has 0 bridgehead atoms. The van der Waals surface area contributed by atoms with Crippen molar-refractivity contribution in [1.82, 2.24) is 20.1 Å². The van der Waals surface area contributed by atoms with Crippen molar-refractivity contribution in [3.8, 4) is 0 Å². The largest absolute Gasteiger partial charge is 0.304 e. The molecule has 0 radical (unpaired) electrons. The molecule has 2 heterocycles. The van der Waals surface area contributed by atoms with E-state index >= 15 is 0 Å². The Morgan fingerprint density at radius 2 is 2.17 bits per heavy atom. The molecule has 0 saturated heterocycles. The first-order valence-corrected chi connectivity index (χ1v) is 9.40. The summed E-state index contributed by atoms with van der Waals surface area (Å²) in [6.45, 7) is 3.74. The van der Waals surface area contributed by atoms with E-state index in [0.29, 0.717) is 6.04 Å². The summed E-state index contributed by atoms with van der Waals surface area (Å²) in [7, 11) is 0. The van der Waals surface area contributed by atoms with Crippen LogP contribution in [-0.4, -0.2) is 14.8 Å². The van der Waals surface area contributed by atoms with Crippen LogP contribution in [0.25, 0.3) is 0 Å². The fourth-order valence-electron chi connectivity index (χ4n) is 3.44. The predicted octanol–water partition coefficient (Wildman–Crippen LogP) is 3.86. The fraction of sp³-hybridized carbons (Fsp3) is 0.368. The van der Waals surface area contributed by atoms with E-state index < -0.39 is 0 Å². The molecule has 1 aliphatic rings. The third-order valence-electron chi connectivity index (χ3n) is 4.63. The number of nitrogens with one attached hydrogen (secondary N) is 1. The molecule has 1 aliphatic carbocycles. The summed E-state index contributed by atoms with van der Waals surface area (Å²) in [5.74, 6) is 0. The molecule has 4 nitrogen and oxygen atoms in total. The Morgan fingerprint density at radius 3 is 2.96 bits per heavy atom. The van der Waals surface area contributed by atoms with E-state index in [0.717, 1.165) is 30.2 Å². The Morgan fingerprint density at radius 1 is 1.29 bits per heavy atom. The number of hydrogen-bond acceptors (Lipinski definition) is 4. The van der Waals surface area contributed by atoms with Crippen molar-refractivity contribution >= 4 is 11.3 Å². The van der Waals surface area contributed by atoms with Gasteiger partial charge in [0, 0.05) is 29.2 Å². The highest BCUT2D eigenvalue weighted by Crippen LogP contribution is 2.30. The zero-order chi connectivity index (χ0) is 16.4. The molecule has 0 aliphatic heterocycles. The molecule has 24 heavy (non-hydrogen) atoms. The van der Waals surface area contributed by atoms with Gasteiger partial charge in [-0.15, -0.1) is 11.3 Å². The number of rotatable bonds is 5. The second-order valence-corrected chi connectivity index (χ2v) is 7.44. The third kappa shape index (κ3) is 3.28. The average Bonchev–Trinajstić information content (AvgIpc) is 3.21. The number of aryl methyl sites for hydroxylation is 1. The summed E-state index contributed by atoms with van der Waals surface area (Å²) in [4.78, 5) is 4.55. The van der Waals surface area contributed by atoms with Crippen LogP contribution in [0, 0.1) is 6.92 Å². The summed E-state index contributed by atoms with van der Waals surface area (Å²) < 4.78 is 2.17. The minimum absolute atomic E-state index is 0.389. The van der Waals surface area contributed by atoms with Crippen molar-refractivity contribution in [2.75, 3.05) is 0 Å². The average molecular weight is 338 g/mol. The number of thiazole rings is 1. The van der Waals surface area contributed by atoms with Crippen LogP contribution in [0.3, 0.4) is 0 Å². The first kappa shape index (κ1) is 15.5. The summed E-state index contributed by atoms with van der Waals surface area (Å²) >= 11 is 1.71. The Kier molecular flexibility index (Phi) is 4.45. The molecule has 5 heteroatoms. The first-order valence-electron chi connectivity index (χ1n) is 8.52. The lowest BCUT2D eigenvalue weighted by Gasteiger charge is -2.24. The van der Waals surface area contributed by atoms with Gasteiger partial charge in [0.15, 0.2) is 0 Å². The second-order valence-electron chi connectivity index (χ2n) is 6.37. The van der Waals surface area contributed by atoms with E-state index in [1.807, 2.05) is 0 Å². The predicted molar refractivity (Wildman–Crippen MR) is 97.1 cm³/mol. The van der Waals surface area contributed by atoms with E-state index in [1.54, 1.807) is 11.3 Å². The first-order chi connectivity index (χ1) is 11.8. The molecule has 1 aromatic carbocycles. The lowest BCUT2D eigenvalue weighted by Crippen LogP contribution is -2.25. The molecule has 3 aromatic rings. The van der Waals surface area contributed by atoms with Crippen molar-refractivity contribution in [2.45, 2.75) is 45.3 Å². The highest BCUT2D eigenvalue weighted by atomic mass is 32.1. The third-order valence-corrected chi connectivity index (χ3v) is 5.46. The van der Waals surface area contributed by atoms with E-state index in [2.05, 4.69) is 68.9 Å². The van der Waals surface area contributed by atoms with Crippen LogP contribution in [0.4, 0.5) is 0 Å². The van der Waals surface area contributed by atoms with Crippen molar-refractivity contribution in [1.29, 1.82) is 0 Å². The lowest BCUT2D eigenvalue weighted by molar-refractivity contribution is 0.447. The molecular formula is C19H22N4S. The van der Waals surface area contributed by atoms with Gasteiger partial charge in [0.05, 0.1) is 23.4 Å². The lowest BCUT2D eigenvalue weighted by atomic mass is 9.93. The maximum absolute atomic E-state index is 4.67. The summed E-state index contributed by atoms with van der Waals surface area (Å²) in [5.41, 5.74) is 5.19. The van der Waals surface area contributed by atoms with Crippen LogP contribution >= 0.6 is 11.3 Å². The molecule has 2 aromatic heterocycles. The normalized spacial score (nSPS) is 17.0. The van der Waals surface area contributed by atoms with Gasteiger partial charge in [-0.1, -0.05) is 30.3 Å². The maximum Gasteiger partial charge on any atom is 0.0897 e. The molecule has 0 amide bonds. The molecular weight excluding hydrogens is 316 g/mol. The van der Waals surface area contributed by atoms with Crippen LogP contribution in [0.2, 0.25) is 0 Å². The Bertz CT molecular complexity index is 806. The zero-order valence-corrected chi connectivity index (χ0v) is 14.7. The number of hydrogen-bond donors (Lipinski definition) is 1. The Balaban J connectivity index is 1.49. The van der Waals surface area contributed by atoms with Crippen LogP contribution in [0.15, 0.2) is 41.9 Å². The maximum atomic E-state index is 4.67. The number of fused-ring (bicyclic) bond motifs is 1. The standard InChI is InChI=1S/C19H22N4S/c1-14-22-16(13-24-14)10-20-18-8-5-9-19-17(18)11-21-23(19)12-15-6-3-2-4-7-15/h2-4,6-7,11,13,18,20H,5,8-10,12H2,1H3/t18-/m1/s1. The van der Waals surface area contributed by atoms with Gasteiger partial charge < -0.3 is 5.32 Å². The van der Waals surface area contributed by atoms with Gasteiger partial charge in [0.1, 0.15) is 0 Å². The van der Waals surface area contributed by atoms with E-state index in [-0.39, 0.29) is 0 Å². The van der Waals surface area contributed by atoms with Crippen molar-refractivity contribution < 1.29 is 0 Å². The van der Waals surface area contributed by atoms with Gasteiger partial charge >= 0.3 is 0 Å². The number of aromatic nitrogens is 3. The monoisotopic (exact) mass is 338 g/mol. The topological polar surface area (TPSA) is 42.7 Å². The molecule has 0 unspecified atom stereocenters. The quantitative estimate of drug-likeness (QED) is 0.768. The zero-order valence-electron chi connectivity index (χ0n) is 13.9. The molecule has 124 valence electrons. The van der Waals surface area contributed by atoms with E-state index in [1.165, 1.54) is 29.7 Å². The van der Waals surface area contributed by atoms with Crippen molar-refractivity contribution in [2.24, 2.45) is 0 Å². The van der Waals surface area contributed by atoms with Gasteiger partial charge in [-0.3, -0.25) is 4.68 Å². The molecule has 4 rings (SSSR count). The second kappa shape index (κ2) is 6.87. The summed E-state index contributed by atoms with van der Waals surface area (Å²) in [6.07, 6.45) is 5.56. The van der Waals surface area contributed by atoms with Gasteiger partial charge in [-0.05, 0) is 31.7 Å². The molecule has 0 saturated carbocycles. The summed E-state index contributed by atoms with van der Waals surface area (Å²) in [5, 5.41) is 11.6. The van der Waals surface area contributed by atoms with Gasteiger partial charge in [0.2, 0.25) is 0 Å². The Labute approximate surface area is 146 Å². The fourth-order valence-corrected chi connectivity index (χ4v) is 4.05. The van der Waals surface area contributed by atoms with Crippen molar-refractivity contribution in [3.63, 3.8) is 0 Å². The minimum Gasteiger partial charge on any atom is -0.304 e. The highest BCUT2D eigenvalue weighted by molar-refractivity contribution is 7.09. The van der Waals surface area contributed by atoms with E-state index in [9.17, 15) is 0 Å². The highest BCUT2D eigenvalue weighted by Gasteiger charge is 2.24. The SMILES string of the molecule is Cc1nc(CN[C@@H]2CCCc3c2cnn3Cc2ccccc2)cs1. The van der Waals surface area contributed by atoms with Crippen molar-refractivity contribution in [3.05, 3.63) is 69.4 Å². The molecule has 1 N–H and O–H groups in total. The summed E-state index contributed by atoms with van der Waals surface area (Å²) in [6, 6.07) is 11.0. The molecule has 0 spiro atoms.